The van der Waals surface area contributed by atoms with Crippen LogP contribution in [0.15, 0.2) is 67.0 Å². The summed E-state index contributed by atoms with van der Waals surface area (Å²) in [4.78, 5) is 8.92. The number of rotatable bonds is 6. The molecule has 4 nitrogen and oxygen atoms in total. The molecule has 194 valence electrons. The SMILES string of the molecule is CC.CC(O)(c1ccc(-c2ccc(CN3CCN(Cc4ccncc4)CC3)cc2)c(Cl)c1)C(F)(F)F. The second kappa shape index (κ2) is 12.2. The summed E-state index contributed by atoms with van der Waals surface area (Å²) in [6.45, 7) is 10.5. The lowest BCUT2D eigenvalue weighted by Gasteiger charge is -2.34. The van der Waals surface area contributed by atoms with Gasteiger partial charge in [-0.1, -0.05) is 61.8 Å². The fourth-order valence-corrected chi connectivity index (χ4v) is 4.41. The van der Waals surface area contributed by atoms with E-state index in [1.54, 1.807) is 0 Å². The van der Waals surface area contributed by atoms with Gasteiger partial charge in [0.05, 0.1) is 0 Å². The Kier molecular flexibility index (Phi) is 9.53. The number of alkyl halides is 3. The number of nitrogens with zero attached hydrogens (tertiary/aromatic N) is 3. The first-order valence-electron chi connectivity index (χ1n) is 12.2. The highest BCUT2D eigenvalue weighted by atomic mass is 35.5. The fourth-order valence-electron chi connectivity index (χ4n) is 4.12. The maximum atomic E-state index is 13.1. The van der Waals surface area contributed by atoms with Crippen molar-refractivity contribution in [2.45, 2.75) is 45.6 Å². The molecule has 0 spiro atoms. The first kappa shape index (κ1) is 28.1. The Balaban J connectivity index is 0.00000176. The van der Waals surface area contributed by atoms with Crippen LogP contribution < -0.4 is 0 Å². The predicted molar refractivity (Wildman–Crippen MR) is 139 cm³/mol. The van der Waals surface area contributed by atoms with Crippen molar-refractivity contribution >= 4 is 11.6 Å². The third-order valence-electron chi connectivity index (χ3n) is 6.37. The lowest BCUT2D eigenvalue weighted by Crippen LogP contribution is -2.45. The number of pyridine rings is 1. The van der Waals surface area contributed by atoms with Gasteiger partial charge in [-0.2, -0.15) is 13.2 Å². The van der Waals surface area contributed by atoms with Gasteiger partial charge in [-0.25, -0.2) is 0 Å². The number of aliphatic hydroxyl groups is 1. The Hall–Kier alpha value is -2.45. The van der Waals surface area contributed by atoms with Crippen LogP contribution in [0.2, 0.25) is 5.02 Å². The van der Waals surface area contributed by atoms with Crippen molar-refractivity contribution in [2.24, 2.45) is 0 Å². The molecule has 1 N–H and O–H groups in total. The molecule has 1 aromatic heterocycles. The molecular weight excluding hydrogens is 487 g/mol. The third-order valence-corrected chi connectivity index (χ3v) is 6.69. The van der Waals surface area contributed by atoms with Gasteiger partial charge in [-0.15, -0.1) is 0 Å². The van der Waals surface area contributed by atoms with Crippen LogP contribution in [0.1, 0.15) is 37.5 Å². The van der Waals surface area contributed by atoms with Crippen molar-refractivity contribution < 1.29 is 18.3 Å². The summed E-state index contributed by atoms with van der Waals surface area (Å²) in [5.41, 5.74) is 0.635. The highest BCUT2D eigenvalue weighted by Gasteiger charge is 2.51. The molecule has 1 saturated heterocycles. The van der Waals surface area contributed by atoms with Crippen LogP contribution >= 0.6 is 11.6 Å². The molecule has 1 atom stereocenters. The molecular formula is C28H33ClF3N3O. The maximum Gasteiger partial charge on any atom is 0.421 e. The standard InChI is InChI=1S/C26H27ClF3N3O.C2H6/c1-25(34,26(28,29)30)22-6-7-23(24(27)16-22)21-4-2-19(3-5-21)17-32-12-14-33(15-13-32)18-20-8-10-31-11-9-20;1-2/h2-11,16,34H,12-15,17-18H2,1H3;1-2H3. The van der Waals surface area contributed by atoms with Gasteiger partial charge in [0.15, 0.2) is 5.60 Å². The molecule has 1 aliphatic rings. The van der Waals surface area contributed by atoms with Crippen molar-refractivity contribution in [3.8, 4) is 11.1 Å². The molecule has 8 heteroatoms. The normalized spacial score (nSPS) is 16.7. The largest absolute Gasteiger partial charge is 0.421 e. The van der Waals surface area contributed by atoms with E-state index in [4.69, 9.17) is 11.6 Å². The van der Waals surface area contributed by atoms with Gasteiger partial charge in [0, 0.05) is 62.2 Å². The van der Waals surface area contributed by atoms with Crippen LogP contribution in [0.4, 0.5) is 13.2 Å². The van der Waals surface area contributed by atoms with Gasteiger partial charge in [-0.3, -0.25) is 14.8 Å². The van der Waals surface area contributed by atoms with E-state index in [0.717, 1.165) is 51.8 Å². The zero-order chi connectivity index (χ0) is 26.3. The van der Waals surface area contributed by atoms with Gasteiger partial charge >= 0.3 is 6.18 Å². The number of halogens is 4. The zero-order valence-corrected chi connectivity index (χ0v) is 21.7. The van der Waals surface area contributed by atoms with E-state index in [1.807, 2.05) is 62.6 Å². The van der Waals surface area contributed by atoms with Crippen LogP contribution in [-0.4, -0.2) is 52.2 Å². The van der Waals surface area contributed by atoms with E-state index in [-0.39, 0.29) is 10.6 Å². The zero-order valence-electron chi connectivity index (χ0n) is 20.9. The predicted octanol–water partition coefficient (Wildman–Crippen LogP) is 6.52. The molecule has 1 fully saturated rings. The number of benzene rings is 2. The van der Waals surface area contributed by atoms with E-state index < -0.39 is 11.8 Å². The minimum Gasteiger partial charge on any atom is -0.376 e. The highest BCUT2D eigenvalue weighted by molar-refractivity contribution is 6.33. The van der Waals surface area contributed by atoms with Crippen molar-refractivity contribution in [3.05, 3.63) is 88.7 Å². The fraction of sp³-hybridized carbons (Fsp3) is 0.393. The number of aromatic nitrogens is 1. The first-order chi connectivity index (χ1) is 17.1. The molecule has 0 aliphatic carbocycles. The summed E-state index contributed by atoms with van der Waals surface area (Å²) in [6, 6.07) is 16.0. The summed E-state index contributed by atoms with van der Waals surface area (Å²) in [6.07, 6.45) is -1.14. The van der Waals surface area contributed by atoms with Gasteiger partial charge in [0.1, 0.15) is 0 Å². The number of hydrogen-bond acceptors (Lipinski definition) is 4. The monoisotopic (exact) mass is 519 g/mol. The first-order valence-corrected chi connectivity index (χ1v) is 12.5. The van der Waals surface area contributed by atoms with Crippen LogP contribution in [0.5, 0.6) is 0 Å². The quantitative estimate of drug-likeness (QED) is 0.402. The van der Waals surface area contributed by atoms with Crippen molar-refractivity contribution in [2.75, 3.05) is 26.2 Å². The summed E-state index contributed by atoms with van der Waals surface area (Å²) < 4.78 is 39.4. The third kappa shape index (κ3) is 6.85. The van der Waals surface area contributed by atoms with E-state index in [0.29, 0.717) is 5.56 Å². The summed E-state index contributed by atoms with van der Waals surface area (Å²) in [5.74, 6) is 0. The molecule has 0 bridgehead atoms. The van der Waals surface area contributed by atoms with Crippen molar-refractivity contribution in [3.63, 3.8) is 0 Å². The Labute approximate surface area is 216 Å². The molecule has 2 aromatic carbocycles. The lowest BCUT2D eigenvalue weighted by atomic mass is 9.93. The van der Waals surface area contributed by atoms with Crippen molar-refractivity contribution in [1.82, 2.24) is 14.8 Å². The van der Waals surface area contributed by atoms with Gasteiger partial charge in [0.25, 0.3) is 0 Å². The molecule has 1 unspecified atom stereocenters. The van der Waals surface area contributed by atoms with Gasteiger partial charge in [0.2, 0.25) is 0 Å². The van der Waals surface area contributed by atoms with E-state index >= 15 is 0 Å². The average Bonchev–Trinajstić information content (AvgIpc) is 2.87. The van der Waals surface area contributed by atoms with E-state index in [9.17, 15) is 18.3 Å². The molecule has 3 aromatic rings. The molecule has 36 heavy (non-hydrogen) atoms. The summed E-state index contributed by atoms with van der Waals surface area (Å²) in [7, 11) is 0. The van der Waals surface area contributed by atoms with Crippen LogP contribution in [0.25, 0.3) is 11.1 Å². The van der Waals surface area contributed by atoms with Crippen molar-refractivity contribution in [1.29, 1.82) is 0 Å². The lowest BCUT2D eigenvalue weighted by molar-refractivity contribution is -0.258. The second-order valence-electron chi connectivity index (χ2n) is 8.87. The minimum atomic E-state index is -4.79. The Morgan fingerprint density at radius 1 is 0.833 bits per heavy atom. The van der Waals surface area contributed by atoms with E-state index in [1.165, 1.54) is 29.3 Å². The Bertz CT molecular complexity index is 1100. The van der Waals surface area contributed by atoms with Crippen LogP contribution in [0, 0.1) is 0 Å². The highest BCUT2D eigenvalue weighted by Crippen LogP contribution is 2.40. The Morgan fingerprint density at radius 2 is 1.33 bits per heavy atom. The number of piperazine rings is 1. The smallest absolute Gasteiger partial charge is 0.376 e. The average molecular weight is 520 g/mol. The maximum absolute atomic E-state index is 13.1. The molecule has 2 heterocycles. The summed E-state index contributed by atoms with van der Waals surface area (Å²) >= 11 is 6.29. The van der Waals surface area contributed by atoms with E-state index in [2.05, 4.69) is 14.8 Å². The summed E-state index contributed by atoms with van der Waals surface area (Å²) in [5, 5.41) is 10.1. The van der Waals surface area contributed by atoms with Gasteiger partial charge in [-0.05, 0) is 47.4 Å². The second-order valence-corrected chi connectivity index (χ2v) is 9.28. The topological polar surface area (TPSA) is 39.6 Å². The molecule has 0 amide bonds. The number of hydrogen-bond donors (Lipinski definition) is 1. The van der Waals surface area contributed by atoms with Crippen LogP contribution in [-0.2, 0) is 18.7 Å². The molecule has 0 saturated carbocycles. The molecule has 1 aliphatic heterocycles. The Morgan fingerprint density at radius 3 is 1.81 bits per heavy atom. The minimum absolute atomic E-state index is 0.167. The molecule has 0 radical (unpaired) electrons. The van der Waals surface area contributed by atoms with Crippen LogP contribution in [0.3, 0.4) is 0 Å². The van der Waals surface area contributed by atoms with Gasteiger partial charge < -0.3 is 5.11 Å². The molecule has 4 rings (SSSR count).